The molecule has 7 nitrogen and oxygen atoms in total. The Bertz CT molecular complexity index is 1240. The number of nitrogens with zero attached hydrogens (tertiary/aromatic N) is 2. The molecule has 4 rings (SSSR count). The van der Waals surface area contributed by atoms with Crippen molar-refractivity contribution in [2.75, 3.05) is 13.2 Å². The van der Waals surface area contributed by atoms with Gasteiger partial charge in [0.2, 0.25) is 5.91 Å². The zero-order chi connectivity index (χ0) is 23.9. The molecule has 0 saturated heterocycles. The van der Waals surface area contributed by atoms with E-state index in [4.69, 9.17) is 15.5 Å². The van der Waals surface area contributed by atoms with Crippen LogP contribution < -0.4 is 15.8 Å². The number of hydrogen-bond donors (Lipinski definition) is 2. The first-order valence-corrected chi connectivity index (χ1v) is 11.4. The number of nitrogens with two attached hydrogens (primary N) is 1. The summed E-state index contributed by atoms with van der Waals surface area (Å²) in [7, 11) is 0. The van der Waals surface area contributed by atoms with Crippen LogP contribution in [-0.4, -0.2) is 34.9 Å². The summed E-state index contributed by atoms with van der Waals surface area (Å²) in [6.45, 7) is 7.78. The van der Waals surface area contributed by atoms with Crippen LogP contribution >= 0.6 is 11.3 Å². The maximum Gasteiger partial charge on any atom is 0.263 e. The lowest BCUT2D eigenvalue weighted by molar-refractivity contribution is -0.123. The van der Waals surface area contributed by atoms with Crippen molar-refractivity contribution in [2.45, 2.75) is 39.0 Å². The predicted octanol–water partition coefficient (Wildman–Crippen LogP) is 3.63. The van der Waals surface area contributed by atoms with Crippen LogP contribution in [0.1, 0.15) is 51.4 Å². The molecule has 2 atom stereocenters. The van der Waals surface area contributed by atoms with Gasteiger partial charge in [0.1, 0.15) is 34.2 Å². The quantitative estimate of drug-likeness (QED) is 0.575. The molecule has 1 aliphatic rings. The summed E-state index contributed by atoms with van der Waals surface area (Å²) < 4.78 is 19.4. The monoisotopic (exact) mass is 468 g/mol. The topological polar surface area (TPSA) is 107 Å². The fourth-order valence-corrected chi connectivity index (χ4v) is 4.67. The average molecular weight is 469 g/mol. The SMILES string of the molecule is Cc1nc(C)c(C(=O)NC[C@@H](C)c2cc3c(c(-c4ccc(F)cc4)n2)OC[C@]3(C)C(N)=O)s1. The standard InChI is InChI=1S/C24H25FN4O3S/c1-12(10-27-22(30)21-13(2)28-14(3)33-21)18-9-17-20(32-11-24(17,4)23(26)31)19(29-18)15-5-7-16(25)8-6-15/h5-9,12H,10-11H2,1-4H3,(H2,26,31)(H,27,30)/t12-,24+/m1/s1. The molecule has 3 heterocycles. The van der Waals surface area contributed by atoms with E-state index < -0.39 is 11.3 Å². The normalized spacial score (nSPS) is 17.8. The smallest absolute Gasteiger partial charge is 0.263 e. The molecule has 3 N–H and O–H groups in total. The lowest BCUT2D eigenvalue weighted by Gasteiger charge is -2.20. The number of primary amides is 1. The Labute approximate surface area is 195 Å². The van der Waals surface area contributed by atoms with Crippen LogP contribution in [0.5, 0.6) is 5.75 Å². The van der Waals surface area contributed by atoms with E-state index in [2.05, 4.69) is 10.3 Å². The molecule has 172 valence electrons. The van der Waals surface area contributed by atoms with Crippen LogP contribution in [0, 0.1) is 19.7 Å². The number of fused-ring (bicyclic) bond motifs is 1. The molecule has 3 aromatic rings. The number of aryl methyl sites for hydroxylation is 2. The van der Waals surface area contributed by atoms with Gasteiger partial charge in [0, 0.05) is 29.3 Å². The van der Waals surface area contributed by atoms with Crippen molar-refractivity contribution in [3.63, 3.8) is 0 Å². The molecule has 33 heavy (non-hydrogen) atoms. The van der Waals surface area contributed by atoms with Crippen molar-refractivity contribution < 1.29 is 18.7 Å². The molecule has 0 spiro atoms. The summed E-state index contributed by atoms with van der Waals surface area (Å²) in [5.74, 6) is -0.751. The second-order valence-corrected chi connectivity index (χ2v) is 9.73. The summed E-state index contributed by atoms with van der Waals surface area (Å²) in [4.78, 5) is 34.6. The Balaban J connectivity index is 1.68. The van der Waals surface area contributed by atoms with Gasteiger partial charge in [-0.1, -0.05) is 6.92 Å². The summed E-state index contributed by atoms with van der Waals surface area (Å²) in [6, 6.07) is 7.75. The minimum Gasteiger partial charge on any atom is -0.489 e. The largest absolute Gasteiger partial charge is 0.489 e. The number of ether oxygens (including phenoxy) is 1. The predicted molar refractivity (Wildman–Crippen MR) is 124 cm³/mol. The number of hydrogen-bond acceptors (Lipinski definition) is 6. The minimum atomic E-state index is -1.01. The molecule has 9 heteroatoms. The fraction of sp³-hybridized carbons (Fsp3) is 0.333. The molecule has 0 unspecified atom stereocenters. The average Bonchev–Trinajstić information content (AvgIpc) is 3.31. The number of pyridine rings is 1. The van der Waals surface area contributed by atoms with Crippen molar-refractivity contribution in [1.82, 2.24) is 15.3 Å². The zero-order valence-electron chi connectivity index (χ0n) is 18.9. The molecule has 1 aliphatic heterocycles. The van der Waals surface area contributed by atoms with Gasteiger partial charge in [0.25, 0.3) is 5.91 Å². The minimum absolute atomic E-state index is 0.103. The second kappa shape index (κ2) is 8.55. The van der Waals surface area contributed by atoms with Crippen molar-refractivity contribution in [3.05, 3.63) is 63.0 Å². The first-order chi connectivity index (χ1) is 15.6. The maximum atomic E-state index is 13.5. The van der Waals surface area contributed by atoms with Gasteiger partial charge in [-0.25, -0.2) is 14.4 Å². The number of halogens is 1. The van der Waals surface area contributed by atoms with E-state index in [-0.39, 0.29) is 24.2 Å². The molecular weight excluding hydrogens is 443 g/mol. The Morgan fingerprint density at radius 3 is 2.58 bits per heavy atom. The van der Waals surface area contributed by atoms with E-state index in [0.29, 0.717) is 45.4 Å². The van der Waals surface area contributed by atoms with Gasteiger partial charge in [-0.2, -0.15) is 0 Å². The van der Waals surface area contributed by atoms with E-state index in [9.17, 15) is 14.0 Å². The lowest BCUT2D eigenvalue weighted by Crippen LogP contribution is -2.39. The van der Waals surface area contributed by atoms with E-state index in [0.717, 1.165) is 5.01 Å². The van der Waals surface area contributed by atoms with E-state index >= 15 is 0 Å². The molecule has 2 amide bonds. The van der Waals surface area contributed by atoms with Crippen molar-refractivity contribution in [3.8, 4) is 17.0 Å². The van der Waals surface area contributed by atoms with Gasteiger partial charge in [-0.3, -0.25) is 9.59 Å². The van der Waals surface area contributed by atoms with Crippen LogP contribution in [0.2, 0.25) is 0 Å². The Morgan fingerprint density at radius 1 is 1.27 bits per heavy atom. The van der Waals surface area contributed by atoms with Crippen LogP contribution in [0.4, 0.5) is 4.39 Å². The van der Waals surface area contributed by atoms with Crippen molar-refractivity contribution in [2.24, 2.45) is 5.73 Å². The first kappa shape index (κ1) is 22.8. The number of amides is 2. The summed E-state index contributed by atoms with van der Waals surface area (Å²) in [5, 5.41) is 3.78. The van der Waals surface area contributed by atoms with E-state index in [1.165, 1.54) is 23.5 Å². The fourth-order valence-electron chi connectivity index (χ4n) is 3.84. The van der Waals surface area contributed by atoms with E-state index in [1.807, 2.05) is 26.8 Å². The molecular formula is C24H25FN4O3S. The third kappa shape index (κ3) is 4.20. The molecule has 0 bridgehead atoms. The second-order valence-electron chi connectivity index (χ2n) is 8.52. The maximum absolute atomic E-state index is 13.5. The van der Waals surface area contributed by atoms with Gasteiger partial charge in [-0.05, 0) is 51.1 Å². The number of rotatable bonds is 6. The third-order valence-corrected chi connectivity index (χ3v) is 7.01. The van der Waals surface area contributed by atoms with Gasteiger partial charge >= 0.3 is 0 Å². The zero-order valence-corrected chi connectivity index (χ0v) is 19.7. The lowest BCUT2D eigenvalue weighted by atomic mass is 9.82. The van der Waals surface area contributed by atoms with Crippen LogP contribution in [0.15, 0.2) is 30.3 Å². The molecule has 2 aromatic heterocycles. The number of nitrogens with one attached hydrogen (secondary N) is 1. The van der Waals surface area contributed by atoms with Crippen LogP contribution in [0.3, 0.4) is 0 Å². The summed E-state index contributed by atoms with van der Waals surface area (Å²) in [5.41, 5.74) is 7.89. The highest BCUT2D eigenvalue weighted by molar-refractivity contribution is 7.13. The van der Waals surface area contributed by atoms with E-state index in [1.54, 1.807) is 19.1 Å². The van der Waals surface area contributed by atoms with Gasteiger partial charge in [0.05, 0.1) is 10.7 Å². The Kier molecular flexibility index (Phi) is 5.92. The van der Waals surface area contributed by atoms with Crippen LogP contribution in [-0.2, 0) is 10.2 Å². The number of carbonyl (C=O) groups excluding carboxylic acids is 2. The van der Waals surface area contributed by atoms with Gasteiger partial charge in [0.15, 0.2) is 0 Å². The number of carbonyl (C=O) groups is 2. The van der Waals surface area contributed by atoms with Crippen molar-refractivity contribution >= 4 is 23.2 Å². The van der Waals surface area contributed by atoms with Gasteiger partial charge < -0.3 is 15.8 Å². The molecule has 0 saturated carbocycles. The van der Waals surface area contributed by atoms with Crippen LogP contribution in [0.25, 0.3) is 11.3 Å². The molecule has 0 radical (unpaired) electrons. The number of benzene rings is 1. The van der Waals surface area contributed by atoms with Crippen molar-refractivity contribution in [1.29, 1.82) is 0 Å². The number of aromatic nitrogens is 2. The molecule has 0 fully saturated rings. The van der Waals surface area contributed by atoms with Gasteiger partial charge in [-0.15, -0.1) is 11.3 Å². The third-order valence-electron chi connectivity index (χ3n) is 5.94. The highest BCUT2D eigenvalue weighted by Gasteiger charge is 2.44. The summed E-state index contributed by atoms with van der Waals surface area (Å²) >= 11 is 1.35. The highest BCUT2D eigenvalue weighted by atomic mass is 32.1. The Morgan fingerprint density at radius 2 is 1.97 bits per heavy atom. The summed E-state index contributed by atoms with van der Waals surface area (Å²) in [6.07, 6.45) is 0. The molecule has 1 aromatic carbocycles. The number of thiazole rings is 1. The Hall–Kier alpha value is -3.33. The highest BCUT2D eigenvalue weighted by Crippen LogP contribution is 2.45. The first-order valence-electron chi connectivity index (χ1n) is 10.6. The molecule has 0 aliphatic carbocycles.